The molecule has 3 atom stereocenters. The first kappa shape index (κ1) is 29.8. The number of hydrogen-bond donors (Lipinski definition) is 8. The van der Waals surface area contributed by atoms with Crippen LogP contribution < -0.4 is 38.9 Å². The number of hydrogen-bond acceptors (Lipinski definition) is 7. The van der Waals surface area contributed by atoms with Crippen molar-refractivity contribution in [3.8, 4) is 0 Å². The van der Waals surface area contributed by atoms with Gasteiger partial charge in [0.15, 0.2) is 5.96 Å². The summed E-state index contributed by atoms with van der Waals surface area (Å²) in [5, 5.41) is 16.7. The minimum absolute atomic E-state index is 0.0155. The number of benzene rings is 1. The quantitative estimate of drug-likeness (QED) is 0.0646. The Morgan fingerprint density at radius 1 is 0.917 bits per heavy atom. The average Bonchev–Trinajstić information content (AvgIpc) is 2.82. The van der Waals surface area contributed by atoms with Crippen LogP contribution in [0.25, 0.3) is 0 Å². The molecule has 36 heavy (non-hydrogen) atoms. The Balaban J connectivity index is 2.80. The second-order valence-electron chi connectivity index (χ2n) is 7.99. The number of carboxylic acids is 1. The lowest BCUT2D eigenvalue weighted by molar-refractivity contribution is -0.142. The van der Waals surface area contributed by atoms with Gasteiger partial charge < -0.3 is 44.0 Å². The predicted molar refractivity (Wildman–Crippen MR) is 131 cm³/mol. The highest BCUT2D eigenvalue weighted by Gasteiger charge is 2.27. The van der Waals surface area contributed by atoms with Crippen molar-refractivity contribution in [3.05, 3.63) is 35.9 Å². The number of carboxylic acid groups (broad SMARTS) is 1. The number of carbonyl (C=O) groups excluding carboxylic acids is 4. The lowest BCUT2D eigenvalue weighted by atomic mass is 10.0. The largest absolute Gasteiger partial charge is 0.480 e. The van der Waals surface area contributed by atoms with E-state index in [9.17, 15) is 29.1 Å². The van der Waals surface area contributed by atoms with Gasteiger partial charge >= 0.3 is 5.97 Å². The molecule has 0 spiro atoms. The van der Waals surface area contributed by atoms with E-state index in [1.165, 1.54) is 0 Å². The molecule has 3 unspecified atom stereocenters. The van der Waals surface area contributed by atoms with E-state index in [0.717, 1.165) is 5.56 Å². The zero-order valence-corrected chi connectivity index (χ0v) is 19.8. The predicted octanol–water partition coefficient (Wildman–Crippen LogP) is -2.95. The second-order valence-corrected chi connectivity index (χ2v) is 7.99. The molecule has 1 aromatic carbocycles. The van der Waals surface area contributed by atoms with Crippen molar-refractivity contribution in [2.24, 2.45) is 27.9 Å². The maximum Gasteiger partial charge on any atom is 0.326 e. The number of guanidine groups is 1. The van der Waals surface area contributed by atoms with Crippen molar-refractivity contribution < 1.29 is 29.1 Å². The summed E-state index contributed by atoms with van der Waals surface area (Å²) in [7, 11) is 0. The average molecular weight is 507 g/mol. The summed E-state index contributed by atoms with van der Waals surface area (Å²) in [4.78, 5) is 63.6. The molecule has 0 fully saturated rings. The Bertz CT molecular complexity index is 936. The van der Waals surface area contributed by atoms with Crippen molar-refractivity contribution in [3.63, 3.8) is 0 Å². The number of rotatable bonds is 16. The lowest BCUT2D eigenvalue weighted by Crippen LogP contribution is -2.54. The van der Waals surface area contributed by atoms with E-state index in [1.54, 1.807) is 30.3 Å². The number of nitrogens with two attached hydrogens (primary N) is 4. The molecule has 14 nitrogen and oxygen atoms in total. The first-order valence-electron chi connectivity index (χ1n) is 11.2. The van der Waals surface area contributed by atoms with E-state index in [1.807, 2.05) is 0 Å². The van der Waals surface area contributed by atoms with Gasteiger partial charge in [0.2, 0.25) is 23.6 Å². The second kappa shape index (κ2) is 15.7. The third-order valence-electron chi connectivity index (χ3n) is 4.96. The van der Waals surface area contributed by atoms with E-state index in [2.05, 4.69) is 20.9 Å². The van der Waals surface area contributed by atoms with E-state index in [-0.39, 0.29) is 38.2 Å². The highest BCUT2D eigenvalue weighted by Crippen LogP contribution is 2.06. The Morgan fingerprint density at radius 3 is 2.17 bits per heavy atom. The van der Waals surface area contributed by atoms with Gasteiger partial charge in [-0.1, -0.05) is 30.3 Å². The number of nitrogens with zero attached hydrogens (tertiary/aromatic N) is 1. The molecule has 198 valence electrons. The monoisotopic (exact) mass is 506 g/mol. The summed E-state index contributed by atoms with van der Waals surface area (Å²) in [6.45, 7) is -0.296. The molecule has 4 amide bonds. The topological polar surface area (TPSA) is 258 Å². The van der Waals surface area contributed by atoms with Crippen LogP contribution in [0.5, 0.6) is 0 Å². The van der Waals surface area contributed by atoms with Gasteiger partial charge in [0, 0.05) is 19.4 Å². The van der Waals surface area contributed by atoms with Crippen LogP contribution in [0.15, 0.2) is 35.3 Å². The van der Waals surface area contributed by atoms with Crippen molar-refractivity contribution in [1.82, 2.24) is 16.0 Å². The first-order valence-corrected chi connectivity index (χ1v) is 11.2. The molecular formula is C22H34N8O6. The van der Waals surface area contributed by atoms with Crippen LogP contribution >= 0.6 is 0 Å². The van der Waals surface area contributed by atoms with Gasteiger partial charge in [-0.2, -0.15) is 0 Å². The summed E-state index contributed by atoms with van der Waals surface area (Å²) in [6.07, 6.45) is 0.360. The maximum atomic E-state index is 12.9. The smallest absolute Gasteiger partial charge is 0.326 e. The third-order valence-corrected chi connectivity index (χ3v) is 4.96. The highest BCUT2D eigenvalue weighted by atomic mass is 16.4. The van der Waals surface area contributed by atoms with Gasteiger partial charge in [0.1, 0.15) is 12.1 Å². The zero-order chi connectivity index (χ0) is 27.1. The normalized spacial score (nSPS) is 12.9. The number of nitrogens with one attached hydrogen (secondary N) is 3. The maximum absolute atomic E-state index is 12.9. The molecule has 0 aliphatic rings. The Morgan fingerprint density at radius 2 is 1.58 bits per heavy atom. The van der Waals surface area contributed by atoms with Crippen LogP contribution in [0.1, 0.15) is 31.2 Å². The minimum Gasteiger partial charge on any atom is -0.480 e. The SMILES string of the molecule is NC(=O)CCC(N)C(=O)NCC(=O)NC(Cc1ccccc1)C(=O)NC(CCCN=C(N)N)C(=O)O. The molecule has 0 aliphatic carbocycles. The van der Waals surface area contributed by atoms with Gasteiger partial charge in [-0.05, 0) is 24.8 Å². The molecule has 0 bridgehead atoms. The number of aliphatic imine (C=N–C) groups is 1. The first-order chi connectivity index (χ1) is 17.0. The van der Waals surface area contributed by atoms with Gasteiger partial charge in [-0.3, -0.25) is 24.2 Å². The van der Waals surface area contributed by atoms with Crippen LogP contribution in [0.4, 0.5) is 0 Å². The van der Waals surface area contributed by atoms with Crippen LogP contribution in [-0.4, -0.2) is 71.9 Å². The Labute approximate surface area is 208 Å². The molecule has 0 saturated heterocycles. The molecule has 0 aromatic heterocycles. The number of primary amides is 1. The van der Waals surface area contributed by atoms with Crippen molar-refractivity contribution >= 4 is 35.6 Å². The van der Waals surface area contributed by atoms with Crippen LogP contribution in [0.2, 0.25) is 0 Å². The van der Waals surface area contributed by atoms with Gasteiger partial charge in [-0.15, -0.1) is 0 Å². The van der Waals surface area contributed by atoms with Crippen molar-refractivity contribution in [2.45, 2.75) is 50.2 Å². The molecule has 0 saturated carbocycles. The lowest BCUT2D eigenvalue weighted by Gasteiger charge is -2.22. The summed E-state index contributed by atoms with van der Waals surface area (Å²) in [6, 6.07) is 5.39. The van der Waals surface area contributed by atoms with Crippen molar-refractivity contribution in [1.29, 1.82) is 0 Å². The van der Waals surface area contributed by atoms with Gasteiger partial charge in [0.25, 0.3) is 0 Å². The molecule has 1 rings (SSSR count). The molecule has 14 heteroatoms. The van der Waals surface area contributed by atoms with E-state index >= 15 is 0 Å². The van der Waals surface area contributed by atoms with Crippen LogP contribution in [0.3, 0.4) is 0 Å². The van der Waals surface area contributed by atoms with E-state index in [0.29, 0.717) is 6.42 Å². The molecule has 0 radical (unpaired) electrons. The summed E-state index contributed by atoms with van der Waals surface area (Å²) in [5.41, 5.74) is 21.9. The molecular weight excluding hydrogens is 472 g/mol. The van der Waals surface area contributed by atoms with Crippen molar-refractivity contribution in [2.75, 3.05) is 13.1 Å². The van der Waals surface area contributed by atoms with Gasteiger partial charge in [0.05, 0.1) is 12.6 Å². The molecule has 0 heterocycles. The number of aliphatic carboxylic acids is 1. The van der Waals surface area contributed by atoms with Crippen LogP contribution in [-0.2, 0) is 30.4 Å². The van der Waals surface area contributed by atoms with E-state index < -0.39 is 54.3 Å². The third kappa shape index (κ3) is 12.3. The fourth-order valence-electron chi connectivity index (χ4n) is 3.07. The summed E-state index contributed by atoms with van der Waals surface area (Å²) in [5.74, 6) is -4.07. The zero-order valence-electron chi connectivity index (χ0n) is 19.8. The van der Waals surface area contributed by atoms with E-state index in [4.69, 9.17) is 22.9 Å². The number of amides is 4. The number of carbonyl (C=O) groups is 5. The highest BCUT2D eigenvalue weighted by molar-refractivity contribution is 5.92. The molecule has 1 aromatic rings. The van der Waals surface area contributed by atoms with Gasteiger partial charge in [-0.25, -0.2) is 4.79 Å². The fourth-order valence-corrected chi connectivity index (χ4v) is 3.07. The summed E-state index contributed by atoms with van der Waals surface area (Å²) < 4.78 is 0. The minimum atomic E-state index is -1.25. The molecule has 12 N–H and O–H groups in total. The standard InChI is InChI=1S/C22H34N8O6/c23-14(8-9-17(24)31)19(33)28-12-18(32)29-16(11-13-5-2-1-3-6-13)20(34)30-15(21(35)36)7-4-10-27-22(25)26/h1-3,5-6,14-16H,4,7-12,23H2,(H2,24,31)(H,28,33)(H,29,32)(H,30,34)(H,35,36)(H4,25,26,27). The molecule has 0 aliphatic heterocycles. The Kier molecular flexibility index (Phi) is 13.0. The Hall–Kier alpha value is -4.20. The fraction of sp³-hybridized carbons (Fsp3) is 0.455. The summed E-state index contributed by atoms with van der Waals surface area (Å²) >= 11 is 0. The van der Waals surface area contributed by atoms with Crippen LogP contribution in [0, 0.1) is 0 Å².